The molecule has 0 radical (unpaired) electrons. The largest absolute Gasteiger partial charge is 0.352 e. The Hall–Kier alpha value is -1.40. The fraction of sp³-hybridized carbons (Fsp3) is 0.636. The number of aryl methyl sites for hydroxylation is 1. The zero-order valence-electron chi connectivity index (χ0n) is 17.3. The zero-order valence-corrected chi connectivity index (χ0v) is 18.9. The molecule has 2 bridgehead atoms. The van der Waals surface area contributed by atoms with E-state index in [-0.39, 0.29) is 30.4 Å². The SMILES string of the molecule is Cc1cc(Br)ccc1NC(=O)CN(C)C(C)C(=O)NC(C)C1CC2CCC1C2. The molecule has 6 heteroatoms. The van der Waals surface area contributed by atoms with Gasteiger partial charge in [-0.1, -0.05) is 22.4 Å². The minimum absolute atomic E-state index is 0.00500. The molecule has 2 amide bonds. The van der Waals surface area contributed by atoms with Crippen LogP contribution >= 0.6 is 15.9 Å². The highest BCUT2D eigenvalue weighted by atomic mass is 79.9. The number of halogens is 1. The Bertz CT molecular complexity index is 738. The lowest BCUT2D eigenvalue weighted by molar-refractivity contribution is -0.127. The molecule has 2 saturated carbocycles. The number of hydrogen-bond donors (Lipinski definition) is 2. The molecule has 5 atom stereocenters. The van der Waals surface area contributed by atoms with Gasteiger partial charge in [0.1, 0.15) is 0 Å². The normalized spacial score (nSPS) is 25.6. The van der Waals surface area contributed by atoms with Gasteiger partial charge in [-0.3, -0.25) is 14.5 Å². The maximum atomic E-state index is 12.7. The number of anilines is 1. The van der Waals surface area contributed by atoms with Crippen LogP contribution < -0.4 is 10.6 Å². The lowest BCUT2D eigenvalue weighted by atomic mass is 9.84. The summed E-state index contributed by atoms with van der Waals surface area (Å²) in [7, 11) is 1.82. The Balaban J connectivity index is 1.48. The van der Waals surface area contributed by atoms with Gasteiger partial charge in [0, 0.05) is 16.2 Å². The first kappa shape index (κ1) is 21.3. The molecule has 1 aromatic rings. The molecule has 3 rings (SSSR count). The summed E-state index contributed by atoms with van der Waals surface area (Å²) in [4.78, 5) is 26.9. The summed E-state index contributed by atoms with van der Waals surface area (Å²) in [6.07, 6.45) is 5.29. The molecule has 5 nitrogen and oxygen atoms in total. The molecule has 2 aliphatic carbocycles. The fourth-order valence-corrected chi connectivity index (χ4v) is 5.35. The van der Waals surface area contributed by atoms with Crippen molar-refractivity contribution in [3.8, 4) is 0 Å². The molecule has 1 aromatic carbocycles. The molecule has 0 aromatic heterocycles. The number of nitrogens with zero attached hydrogens (tertiary/aromatic N) is 1. The number of carbonyl (C=O) groups is 2. The molecule has 0 spiro atoms. The van der Waals surface area contributed by atoms with E-state index in [1.165, 1.54) is 25.7 Å². The van der Waals surface area contributed by atoms with Gasteiger partial charge in [0.2, 0.25) is 11.8 Å². The van der Waals surface area contributed by atoms with Crippen LogP contribution in [0.5, 0.6) is 0 Å². The molecule has 5 unspecified atom stereocenters. The number of benzene rings is 1. The number of carbonyl (C=O) groups excluding carboxylic acids is 2. The minimum atomic E-state index is -0.349. The average Bonchev–Trinajstić information content (AvgIpc) is 3.26. The summed E-state index contributed by atoms with van der Waals surface area (Å²) in [5.41, 5.74) is 1.79. The second-order valence-corrected chi connectivity index (χ2v) is 9.65. The summed E-state index contributed by atoms with van der Waals surface area (Å²) in [6.45, 7) is 6.13. The van der Waals surface area contributed by atoms with Crippen molar-refractivity contribution in [2.24, 2.45) is 17.8 Å². The number of hydrogen-bond acceptors (Lipinski definition) is 3. The molecule has 28 heavy (non-hydrogen) atoms. The van der Waals surface area contributed by atoms with Crippen LogP contribution in [-0.4, -0.2) is 42.4 Å². The molecule has 2 N–H and O–H groups in total. The van der Waals surface area contributed by atoms with Gasteiger partial charge in [0.25, 0.3) is 0 Å². The molecule has 0 heterocycles. The number of likely N-dealkylation sites (N-methyl/N-ethyl adjacent to an activating group) is 1. The monoisotopic (exact) mass is 449 g/mol. The molecule has 2 fully saturated rings. The number of nitrogens with one attached hydrogen (secondary N) is 2. The molecular formula is C22H32BrN3O2. The minimum Gasteiger partial charge on any atom is -0.352 e. The van der Waals surface area contributed by atoms with E-state index in [1.54, 1.807) is 4.90 Å². The quantitative estimate of drug-likeness (QED) is 0.661. The average molecular weight is 450 g/mol. The first-order valence-corrected chi connectivity index (χ1v) is 11.1. The van der Waals surface area contributed by atoms with Gasteiger partial charge in [-0.25, -0.2) is 0 Å². The van der Waals surface area contributed by atoms with E-state index in [0.717, 1.165) is 27.6 Å². The van der Waals surface area contributed by atoms with Crippen LogP contribution in [0.4, 0.5) is 5.69 Å². The van der Waals surface area contributed by atoms with Gasteiger partial charge in [0.15, 0.2) is 0 Å². The van der Waals surface area contributed by atoms with Crippen molar-refractivity contribution in [2.45, 2.75) is 58.5 Å². The Morgan fingerprint density at radius 3 is 2.61 bits per heavy atom. The predicted octanol–water partition coefficient (Wildman–Crippen LogP) is 3.96. The number of fused-ring (bicyclic) bond motifs is 2. The van der Waals surface area contributed by atoms with Gasteiger partial charge < -0.3 is 10.6 Å². The summed E-state index contributed by atoms with van der Waals surface area (Å²) in [5, 5.41) is 6.14. The van der Waals surface area contributed by atoms with Crippen LogP contribution in [0.2, 0.25) is 0 Å². The van der Waals surface area contributed by atoms with Crippen LogP contribution in [0.25, 0.3) is 0 Å². The van der Waals surface area contributed by atoms with Gasteiger partial charge in [-0.15, -0.1) is 0 Å². The van der Waals surface area contributed by atoms with E-state index < -0.39 is 0 Å². The van der Waals surface area contributed by atoms with Crippen LogP contribution in [0.15, 0.2) is 22.7 Å². The molecule has 2 aliphatic rings. The van der Waals surface area contributed by atoms with E-state index >= 15 is 0 Å². The maximum Gasteiger partial charge on any atom is 0.238 e. The highest BCUT2D eigenvalue weighted by Crippen LogP contribution is 2.49. The Labute approximate surface area is 176 Å². The lowest BCUT2D eigenvalue weighted by Gasteiger charge is -2.31. The second kappa shape index (κ2) is 8.95. The molecule has 0 saturated heterocycles. The van der Waals surface area contributed by atoms with E-state index in [0.29, 0.717) is 5.92 Å². The Morgan fingerprint density at radius 1 is 1.25 bits per heavy atom. The number of rotatable bonds is 7. The van der Waals surface area contributed by atoms with Crippen molar-refractivity contribution in [3.63, 3.8) is 0 Å². The van der Waals surface area contributed by atoms with Crippen LogP contribution in [0.3, 0.4) is 0 Å². The van der Waals surface area contributed by atoms with Crippen LogP contribution in [0, 0.1) is 24.7 Å². The molecular weight excluding hydrogens is 418 g/mol. The Kier molecular flexibility index (Phi) is 6.81. The fourth-order valence-electron chi connectivity index (χ4n) is 4.88. The highest BCUT2D eigenvalue weighted by molar-refractivity contribution is 9.10. The van der Waals surface area contributed by atoms with E-state index in [4.69, 9.17) is 0 Å². The third kappa shape index (κ3) is 4.95. The van der Waals surface area contributed by atoms with Crippen molar-refractivity contribution in [1.82, 2.24) is 10.2 Å². The number of amides is 2. The van der Waals surface area contributed by atoms with Gasteiger partial charge in [-0.05, 0) is 88.6 Å². The maximum absolute atomic E-state index is 12.7. The van der Waals surface area contributed by atoms with E-state index in [2.05, 4.69) is 33.5 Å². The van der Waals surface area contributed by atoms with E-state index in [1.807, 2.05) is 39.1 Å². The standard InChI is InChI=1S/C22H32BrN3O2/c1-13-9-18(23)7-8-20(13)25-21(27)12-26(4)15(3)22(28)24-14(2)19-11-16-5-6-17(19)10-16/h7-9,14-17,19H,5-6,10-12H2,1-4H3,(H,24,28)(H,25,27). The van der Waals surface area contributed by atoms with Crippen molar-refractivity contribution < 1.29 is 9.59 Å². The van der Waals surface area contributed by atoms with Crippen LogP contribution in [0.1, 0.15) is 45.1 Å². The van der Waals surface area contributed by atoms with Crippen molar-refractivity contribution in [3.05, 3.63) is 28.2 Å². The summed E-state index contributed by atoms with van der Waals surface area (Å²) >= 11 is 3.43. The Morgan fingerprint density at radius 2 is 2.00 bits per heavy atom. The topological polar surface area (TPSA) is 61.4 Å². The first-order valence-electron chi connectivity index (χ1n) is 10.3. The predicted molar refractivity (Wildman–Crippen MR) is 116 cm³/mol. The van der Waals surface area contributed by atoms with Crippen molar-refractivity contribution >= 4 is 33.4 Å². The lowest BCUT2D eigenvalue weighted by Crippen LogP contribution is -2.50. The van der Waals surface area contributed by atoms with E-state index in [9.17, 15) is 9.59 Å². The van der Waals surface area contributed by atoms with Gasteiger partial charge >= 0.3 is 0 Å². The van der Waals surface area contributed by atoms with Gasteiger partial charge in [-0.2, -0.15) is 0 Å². The highest BCUT2D eigenvalue weighted by Gasteiger charge is 2.42. The molecule has 0 aliphatic heterocycles. The van der Waals surface area contributed by atoms with Crippen molar-refractivity contribution in [1.29, 1.82) is 0 Å². The van der Waals surface area contributed by atoms with Crippen LogP contribution in [-0.2, 0) is 9.59 Å². The zero-order chi connectivity index (χ0) is 20.4. The molecule has 154 valence electrons. The van der Waals surface area contributed by atoms with Crippen molar-refractivity contribution in [2.75, 3.05) is 18.9 Å². The summed E-state index contributed by atoms with van der Waals surface area (Å²) < 4.78 is 0.981. The van der Waals surface area contributed by atoms with Gasteiger partial charge in [0.05, 0.1) is 12.6 Å². The smallest absolute Gasteiger partial charge is 0.238 e. The summed E-state index contributed by atoms with van der Waals surface area (Å²) in [5.74, 6) is 2.16. The summed E-state index contributed by atoms with van der Waals surface area (Å²) in [6, 6.07) is 5.60. The first-order chi connectivity index (χ1) is 13.2. The second-order valence-electron chi connectivity index (χ2n) is 8.73. The third-order valence-electron chi connectivity index (χ3n) is 6.70. The third-order valence-corrected chi connectivity index (χ3v) is 7.19.